The van der Waals surface area contributed by atoms with Crippen molar-refractivity contribution in [1.29, 1.82) is 0 Å². The Morgan fingerprint density at radius 3 is 2.91 bits per heavy atom. The summed E-state index contributed by atoms with van der Waals surface area (Å²) in [7, 11) is 1.77. The second-order valence-electron chi connectivity index (χ2n) is 5.59. The second kappa shape index (κ2) is 6.83. The number of furan rings is 1. The van der Waals surface area contributed by atoms with E-state index >= 15 is 0 Å². The molecule has 0 bridgehead atoms. The van der Waals surface area contributed by atoms with E-state index in [0.717, 1.165) is 43.3 Å². The Hall–Kier alpha value is -2.01. The fourth-order valence-corrected chi connectivity index (χ4v) is 2.79. The van der Waals surface area contributed by atoms with Crippen LogP contribution in [0.5, 0.6) is 0 Å². The number of fused-ring (bicyclic) bond motifs is 1. The molecule has 2 N–H and O–H groups in total. The normalized spacial score (nSPS) is 18.8. The predicted molar refractivity (Wildman–Crippen MR) is 88.1 cm³/mol. The molecule has 1 aromatic carbocycles. The summed E-state index contributed by atoms with van der Waals surface area (Å²) in [4.78, 5) is 4.24. The van der Waals surface area contributed by atoms with E-state index in [9.17, 15) is 0 Å². The highest BCUT2D eigenvalue weighted by Gasteiger charge is 2.16. The van der Waals surface area contributed by atoms with Crippen molar-refractivity contribution in [2.45, 2.75) is 32.4 Å². The van der Waals surface area contributed by atoms with Crippen molar-refractivity contribution in [2.75, 3.05) is 20.2 Å². The van der Waals surface area contributed by atoms with Gasteiger partial charge in [-0.1, -0.05) is 18.2 Å². The zero-order valence-electron chi connectivity index (χ0n) is 13.2. The van der Waals surface area contributed by atoms with Crippen molar-refractivity contribution >= 4 is 16.9 Å². The molecule has 0 radical (unpaired) electrons. The van der Waals surface area contributed by atoms with Gasteiger partial charge in [-0.05, 0) is 25.8 Å². The van der Waals surface area contributed by atoms with Crippen LogP contribution in [-0.2, 0) is 11.3 Å². The number of rotatable bonds is 4. The first kappa shape index (κ1) is 14.9. The molecule has 1 aromatic heterocycles. The average molecular weight is 301 g/mol. The molecule has 0 saturated carbocycles. The van der Waals surface area contributed by atoms with Gasteiger partial charge in [0.15, 0.2) is 5.96 Å². The number of hydrogen-bond donors (Lipinski definition) is 2. The van der Waals surface area contributed by atoms with Gasteiger partial charge < -0.3 is 19.8 Å². The van der Waals surface area contributed by atoms with E-state index in [0.29, 0.717) is 12.6 Å². The molecule has 2 aromatic rings. The Labute approximate surface area is 130 Å². The van der Waals surface area contributed by atoms with E-state index in [4.69, 9.17) is 9.15 Å². The fourth-order valence-electron chi connectivity index (χ4n) is 2.79. The van der Waals surface area contributed by atoms with Gasteiger partial charge in [-0.2, -0.15) is 0 Å². The minimum absolute atomic E-state index is 0.298. The molecule has 1 fully saturated rings. The topological polar surface area (TPSA) is 58.8 Å². The average Bonchev–Trinajstić information content (AvgIpc) is 3.17. The summed E-state index contributed by atoms with van der Waals surface area (Å²) in [6.45, 7) is 4.37. The predicted octanol–water partition coefficient (Wildman–Crippen LogP) is 2.59. The molecule has 1 aliphatic rings. The first-order chi connectivity index (χ1) is 10.8. The van der Waals surface area contributed by atoms with Gasteiger partial charge in [-0.25, -0.2) is 0 Å². The van der Waals surface area contributed by atoms with Crippen molar-refractivity contribution in [2.24, 2.45) is 4.99 Å². The number of para-hydroxylation sites is 1. The number of nitrogens with zero attached hydrogens (tertiary/aromatic N) is 1. The van der Waals surface area contributed by atoms with E-state index in [-0.39, 0.29) is 0 Å². The van der Waals surface area contributed by atoms with Gasteiger partial charge in [0.2, 0.25) is 0 Å². The quantitative estimate of drug-likeness (QED) is 0.673. The highest BCUT2D eigenvalue weighted by Crippen LogP contribution is 2.24. The molecule has 0 spiro atoms. The summed E-state index contributed by atoms with van der Waals surface area (Å²) in [5.74, 6) is 1.72. The number of aliphatic imine (C=N–C) groups is 1. The smallest absolute Gasteiger partial charge is 0.191 e. The van der Waals surface area contributed by atoms with Crippen molar-refractivity contribution in [1.82, 2.24) is 10.6 Å². The standard InChI is InChI=1S/C17H23N3O2/c1-12-14-7-3-4-8-15(14)22-16(12)11-20-17(18-2)19-10-13-6-5-9-21-13/h3-4,7-8,13H,5-6,9-11H2,1-2H3,(H2,18,19,20). The number of benzene rings is 1. The van der Waals surface area contributed by atoms with E-state index in [1.165, 1.54) is 10.9 Å². The first-order valence-corrected chi connectivity index (χ1v) is 7.81. The lowest BCUT2D eigenvalue weighted by atomic mass is 10.1. The minimum Gasteiger partial charge on any atom is -0.459 e. The molecule has 1 atom stereocenters. The zero-order chi connectivity index (χ0) is 15.4. The van der Waals surface area contributed by atoms with Crippen LogP contribution in [0.2, 0.25) is 0 Å². The maximum Gasteiger partial charge on any atom is 0.191 e. The summed E-state index contributed by atoms with van der Waals surface area (Å²) in [6, 6.07) is 8.10. The largest absolute Gasteiger partial charge is 0.459 e. The van der Waals surface area contributed by atoms with E-state index < -0.39 is 0 Å². The van der Waals surface area contributed by atoms with Crippen LogP contribution in [0.15, 0.2) is 33.7 Å². The molecule has 3 rings (SSSR count). The van der Waals surface area contributed by atoms with E-state index in [1.54, 1.807) is 7.05 Å². The summed E-state index contributed by atoms with van der Waals surface area (Å²) < 4.78 is 11.5. The van der Waals surface area contributed by atoms with Gasteiger partial charge in [-0.15, -0.1) is 0 Å². The molecule has 2 heterocycles. The lowest BCUT2D eigenvalue weighted by molar-refractivity contribution is 0.114. The Bertz CT molecular complexity index is 657. The summed E-state index contributed by atoms with van der Waals surface area (Å²) in [5, 5.41) is 7.78. The number of ether oxygens (including phenoxy) is 1. The monoisotopic (exact) mass is 301 g/mol. The highest BCUT2D eigenvalue weighted by molar-refractivity contribution is 5.82. The molecule has 1 saturated heterocycles. The number of aryl methyl sites for hydroxylation is 1. The molecule has 1 unspecified atom stereocenters. The van der Waals surface area contributed by atoms with Crippen molar-refractivity contribution < 1.29 is 9.15 Å². The molecule has 0 amide bonds. The van der Waals surface area contributed by atoms with Gasteiger partial charge in [0, 0.05) is 31.1 Å². The van der Waals surface area contributed by atoms with Crippen LogP contribution in [0.1, 0.15) is 24.2 Å². The maximum absolute atomic E-state index is 5.90. The van der Waals surface area contributed by atoms with Crippen LogP contribution in [0.4, 0.5) is 0 Å². The van der Waals surface area contributed by atoms with E-state index in [2.05, 4.69) is 28.6 Å². The van der Waals surface area contributed by atoms with E-state index in [1.807, 2.05) is 18.2 Å². The van der Waals surface area contributed by atoms with Gasteiger partial charge in [0.05, 0.1) is 12.6 Å². The lowest BCUT2D eigenvalue weighted by Crippen LogP contribution is -2.40. The lowest BCUT2D eigenvalue weighted by Gasteiger charge is -2.14. The van der Waals surface area contributed by atoms with Crippen LogP contribution < -0.4 is 10.6 Å². The third-order valence-corrected chi connectivity index (χ3v) is 4.10. The van der Waals surface area contributed by atoms with Crippen molar-refractivity contribution in [3.63, 3.8) is 0 Å². The minimum atomic E-state index is 0.298. The van der Waals surface area contributed by atoms with Crippen LogP contribution >= 0.6 is 0 Å². The molecule has 1 aliphatic heterocycles. The Morgan fingerprint density at radius 2 is 2.18 bits per heavy atom. The Morgan fingerprint density at radius 1 is 1.32 bits per heavy atom. The number of hydrogen-bond acceptors (Lipinski definition) is 3. The van der Waals surface area contributed by atoms with Crippen LogP contribution in [-0.4, -0.2) is 32.3 Å². The third kappa shape index (κ3) is 3.25. The molecule has 5 heteroatoms. The van der Waals surface area contributed by atoms with Crippen LogP contribution in [0, 0.1) is 6.92 Å². The van der Waals surface area contributed by atoms with Gasteiger partial charge in [0.25, 0.3) is 0 Å². The summed E-state index contributed by atoms with van der Waals surface area (Å²) >= 11 is 0. The number of nitrogens with one attached hydrogen (secondary N) is 2. The molecule has 0 aliphatic carbocycles. The molecule has 5 nitrogen and oxygen atoms in total. The molecule has 22 heavy (non-hydrogen) atoms. The zero-order valence-corrected chi connectivity index (χ0v) is 13.2. The Balaban J connectivity index is 1.58. The van der Waals surface area contributed by atoms with Gasteiger partial charge in [0.1, 0.15) is 11.3 Å². The van der Waals surface area contributed by atoms with Crippen LogP contribution in [0.25, 0.3) is 11.0 Å². The summed E-state index contributed by atoms with van der Waals surface area (Å²) in [5.41, 5.74) is 2.11. The van der Waals surface area contributed by atoms with Gasteiger partial charge >= 0.3 is 0 Å². The van der Waals surface area contributed by atoms with Gasteiger partial charge in [-0.3, -0.25) is 4.99 Å². The Kier molecular flexibility index (Phi) is 4.63. The summed E-state index contributed by atoms with van der Waals surface area (Å²) in [6.07, 6.45) is 2.56. The first-order valence-electron chi connectivity index (χ1n) is 7.81. The fraction of sp³-hybridized carbons (Fsp3) is 0.471. The second-order valence-corrected chi connectivity index (χ2v) is 5.59. The highest BCUT2D eigenvalue weighted by atomic mass is 16.5. The SMILES string of the molecule is CN=C(NCc1oc2ccccc2c1C)NCC1CCCO1. The molecular formula is C17H23N3O2. The third-order valence-electron chi connectivity index (χ3n) is 4.10. The number of guanidine groups is 1. The van der Waals surface area contributed by atoms with Crippen molar-refractivity contribution in [3.8, 4) is 0 Å². The van der Waals surface area contributed by atoms with Crippen molar-refractivity contribution in [3.05, 3.63) is 35.6 Å². The van der Waals surface area contributed by atoms with Crippen LogP contribution in [0.3, 0.4) is 0 Å². The maximum atomic E-state index is 5.90. The molecular weight excluding hydrogens is 278 g/mol. The molecule has 118 valence electrons.